The first-order valence-corrected chi connectivity index (χ1v) is 11.0. The van der Waals surface area contributed by atoms with E-state index >= 15 is 0 Å². The van der Waals surface area contributed by atoms with Crippen LogP contribution in [0.4, 0.5) is 10.5 Å². The Bertz CT molecular complexity index is 697. The number of aliphatic hydroxyl groups excluding tert-OH is 1. The summed E-state index contributed by atoms with van der Waals surface area (Å²) in [6.45, 7) is 3.88. The Morgan fingerprint density at radius 2 is 1.90 bits per heavy atom. The van der Waals surface area contributed by atoms with Crippen LogP contribution in [0.2, 0.25) is 0 Å². The van der Waals surface area contributed by atoms with Crippen LogP contribution in [0.5, 0.6) is 0 Å². The normalized spacial score (nSPS) is 25.0. The lowest BCUT2D eigenvalue weighted by Crippen LogP contribution is -2.52. The average molecular weight is 423 g/mol. The third kappa shape index (κ3) is 5.95. The number of aromatic nitrogens is 1. The number of anilines is 1. The summed E-state index contributed by atoms with van der Waals surface area (Å²) in [5.74, 6) is 0.845. The molecule has 0 spiro atoms. The summed E-state index contributed by atoms with van der Waals surface area (Å²) in [6, 6.07) is -0.668. The van der Waals surface area contributed by atoms with Gasteiger partial charge in [-0.1, -0.05) is 24.4 Å². The molecule has 0 radical (unpaired) electrons. The predicted octanol–water partition coefficient (Wildman–Crippen LogP) is 2.41. The van der Waals surface area contributed by atoms with Crippen molar-refractivity contribution in [2.24, 2.45) is 5.92 Å². The molecule has 9 nitrogen and oxygen atoms in total. The Morgan fingerprint density at radius 3 is 2.57 bits per heavy atom. The second-order valence-corrected chi connectivity index (χ2v) is 8.38. The highest BCUT2D eigenvalue weighted by molar-refractivity contribution is 5.90. The van der Waals surface area contributed by atoms with Gasteiger partial charge >= 0.3 is 6.03 Å². The fourth-order valence-corrected chi connectivity index (χ4v) is 4.35. The third-order valence-electron chi connectivity index (χ3n) is 6.13. The van der Waals surface area contributed by atoms with E-state index in [-0.39, 0.29) is 36.6 Å². The lowest BCUT2D eigenvalue weighted by molar-refractivity contribution is -0.126. The topological polar surface area (TPSA) is 126 Å². The summed E-state index contributed by atoms with van der Waals surface area (Å²) in [5, 5.41) is 22.2. The van der Waals surface area contributed by atoms with E-state index < -0.39 is 6.10 Å². The highest BCUT2D eigenvalue weighted by Crippen LogP contribution is 2.25. The minimum absolute atomic E-state index is 0.0440. The zero-order valence-electron chi connectivity index (χ0n) is 17.9. The number of carbonyl (C=O) groups is 2. The maximum Gasteiger partial charge on any atom is 0.319 e. The van der Waals surface area contributed by atoms with Gasteiger partial charge in [0.25, 0.3) is 0 Å². The van der Waals surface area contributed by atoms with Crippen LogP contribution in [0.15, 0.2) is 4.52 Å². The lowest BCUT2D eigenvalue weighted by Gasteiger charge is -2.36. The Labute approximate surface area is 177 Å². The molecule has 1 saturated carbocycles. The number of ether oxygens (including phenoxy) is 1. The molecule has 30 heavy (non-hydrogen) atoms. The van der Waals surface area contributed by atoms with E-state index in [1.54, 1.807) is 13.8 Å². The molecule has 1 aromatic heterocycles. The monoisotopic (exact) mass is 422 g/mol. The van der Waals surface area contributed by atoms with Gasteiger partial charge in [0.15, 0.2) is 5.76 Å². The van der Waals surface area contributed by atoms with Gasteiger partial charge < -0.3 is 30.3 Å². The van der Waals surface area contributed by atoms with Crippen molar-refractivity contribution in [1.82, 2.24) is 15.8 Å². The number of hydrogen-bond donors (Lipinski definition) is 4. The van der Waals surface area contributed by atoms with Gasteiger partial charge in [0.2, 0.25) is 5.91 Å². The third-order valence-corrected chi connectivity index (χ3v) is 6.13. The second kappa shape index (κ2) is 10.8. The Hall–Kier alpha value is -2.13. The quantitative estimate of drug-likeness (QED) is 0.535. The summed E-state index contributed by atoms with van der Waals surface area (Å²) in [7, 11) is 0. The molecule has 0 bridgehead atoms. The molecular weight excluding hydrogens is 388 g/mol. The first kappa shape index (κ1) is 22.6. The highest BCUT2D eigenvalue weighted by Gasteiger charge is 2.32. The molecule has 1 saturated heterocycles. The van der Waals surface area contributed by atoms with Crippen molar-refractivity contribution in [3.63, 3.8) is 0 Å². The standard InChI is InChI=1S/C21H34N4O5/c1-13-19(14(2)30-25-13)24-21(28)23-17-9-8-16(29-18(17)12-26)10-11-22-20(27)15-6-4-3-5-7-15/h15-18,26H,3-12H2,1-2H3,(H,22,27)(H2,23,24,28)/t16-,17-,18-/m0/s1. The average Bonchev–Trinajstić information content (AvgIpc) is 3.07. The van der Waals surface area contributed by atoms with Crippen molar-refractivity contribution >= 4 is 17.6 Å². The summed E-state index contributed by atoms with van der Waals surface area (Å²) >= 11 is 0. The van der Waals surface area contributed by atoms with Crippen LogP contribution in [0.1, 0.15) is 62.8 Å². The first-order chi connectivity index (χ1) is 14.5. The van der Waals surface area contributed by atoms with Crippen LogP contribution in [0, 0.1) is 19.8 Å². The molecule has 3 rings (SSSR count). The number of nitrogens with one attached hydrogen (secondary N) is 3. The van der Waals surface area contributed by atoms with Crippen molar-refractivity contribution in [2.45, 2.75) is 83.5 Å². The van der Waals surface area contributed by atoms with Crippen molar-refractivity contribution in [1.29, 1.82) is 0 Å². The number of hydrogen-bond acceptors (Lipinski definition) is 6. The van der Waals surface area contributed by atoms with Crippen LogP contribution in [0.25, 0.3) is 0 Å². The number of urea groups is 1. The minimum atomic E-state index is -0.479. The smallest absolute Gasteiger partial charge is 0.319 e. The number of nitrogens with zero attached hydrogens (tertiary/aromatic N) is 1. The van der Waals surface area contributed by atoms with Gasteiger partial charge in [-0.25, -0.2) is 4.79 Å². The molecule has 3 amide bonds. The second-order valence-electron chi connectivity index (χ2n) is 8.38. The number of amides is 3. The number of carbonyl (C=O) groups excluding carboxylic acids is 2. The van der Waals surface area contributed by atoms with E-state index in [2.05, 4.69) is 21.1 Å². The Balaban J connectivity index is 1.40. The Morgan fingerprint density at radius 1 is 1.13 bits per heavy atom. The molecule has 2 fully saturated rings. The molecule has 4 N–H and O–H groups in total. The fraction of sp³-hybridized carbons (Fsp3) is 0.762. The molecule has 3 atom stereocenters. The molecular formula is C21H34N4O5. The zero-order chi connectivity index (χ0) is 21.5. The molecule has 1 aliphatic carbocycles. The van der Waals surface area contributed by atoms with E-state index in [0.29, 0.717) is 36.5 Å². The van der Waals surface area contributed by atoms with Gasteiger partial charge in [0.05, 0.1) is 18.8 Å². The van der Waals surface area contributed by atoms with Crippen LogP contribution in [-0.2, 0) is 9.53 Å². The molecule has 9 heteroatoms. The molecule has 1 aromatic rings. The van der Waals surface area contributed by atoms with Gasteiger partial charge in [0.1, 0.15) is 17.5 Å². The van der Waals surface area contributed by atoms with Crippen LogP contribution in [-0.4, -0.2) is 53.6 Å². The maximum atomic E-state index is 12.3. The van der Waals surface area contributed by atoms with Crippen molar-refractivity contribution in [2.75, 3.05) is 18.5 Å². The number of aryl methyl sites for hydroxylation is 2. The molecule has 2 heterocycles. The van der Waals surface area contributed by atoms with Crippen molar-refractivity contribution < 1.29 is 24.0 Å². The largest absolute Gasteiger partial charge is 0.394 e. The van der Waals surface area contributed by atoms with E-state index in [1.165, 1.54) is 6.42 Å². The van der Waals surface area contributed by atoms with Gasteiger partial charge in [-0.05, 0) is 46.0 Å². The molecule has 1 aliphatic heterocycles. The highest BCUT2D eigenvalue weighted by atomic mass is 16.5. The van der Waals surface area contributed by atoms with Gasteiger partial charge in [-0.3, -0.25) is 4.79 Å². The number of rotatable bonds is 7. The van der Waals surface area contributed by atoms with E-state index in [4.69, 9.17) is 9.26 Å². The molecule has 168 valence electrons. The SMILES string of the molecule is Cc1noc(C)c1NC(=O)N[C@H]1CC[C@@H](CCNC(=O)C2CCCCC2)O[C@H]1CO. The summed E-state index contributed by atoms with van der Waals surface area (Å²) in [4.78, 5) is 24.6. The molecule has 2 aliphatic rings. The lowest BCUT2D eigenvalue weighted by atomic mass is 9.88. The number of aliphatic hydroxyl groups is 1. The van der Waals surface area contributed by atoms with Crippen molar-refractivity contribution in [3.8, 4) is 0 Å². The zero-order valence-corrected chi connectivity index (χ0v) is 17.9. The van der Waals surface area contributed by atoms with E-state index in [9.17, 15) is 14.7 Å². The van der Waals surface area contributed by atoms with Gasteiger partial charge in [-0.15, -0.1) is 0 Å². The van der Waals surface area contributed by atoms with Crippen LogP contribution < -0.4 is 16.0 Å². The van der Waals surface area contributed by atoms with Crippen molar-refractivity contribution in [3.05, 3.63) is 11.5 Å². The maximum absolute atomic E-state index is 12.3. The van der Waals surface area contributed by atoms with Gasteiger partial charge in [-0.2, -0.15) is 0 Å². The predicted molar refractivity (Wildman–Crippen MR) is 111 cm³/mol. The minimum Gasteiger partial charge on any atom is -0.394 e. The summed E-state index contributed by atoms with van der Waals surface area (Å²) in [6.07, 6.45) is 7.11. The van der Waals surface area contributed by atoms with Gasteiger partial charge in [0, 0.05) is 12.5 Å². The van der Waals surface area contributed by atoms with E-state index in [0.717, 1.165) is 32.1 Å². The fourth-order valence-electron chi connectivity index (χ4n) is 4.35. The summed E-state index contributed by atoms with van der Waals surface area (Å²) < 4.78 is 11.0. The first-order valence-electron chi connectivity index (χ1n) is 11.0. The molecule has 0 aromatic carbocycles. The van der Waals surface area contributed by atoms with Crippen LogP contribution >= 0.6 is 0 Å². The Kier molecular flexibility index (Phi) is 8.09. The molecule has 0 unspecified atom stereocenters. The summed E-state index contributed by atoms with van der Waals surface area (Å²) in [5.41, 5.74) is 1.16. The van der Waals surface area contributed by atoms with E-state index in [1.807, 2.05) is 0 Å². The van der Waals surface area contributed by atoms with Crippen LogP contribution in [0.3, 0.4) is 0 Å².